The molecule has 2 aromatic carbocycles. The Morgan fingerprint density at radius 2 is 1.88 bits per heavy atom. The van der Waals surface area contributed by atoms with Crippen LogP contribution in [0.3, 0.4) is 0 Å². The molecule has 0 saturated heterocycles. The van der Waals surface area contributed by atoms with Gasteiger partial charge in [0.2, 0.25) is 0 Å². The molecular formula is C19H20N2O2S. The summed E-state index contributed by atoms with van der Waals surface area (Å²) in [5, 5.41) is 19.1. The summed E-state index contributed by atoms with van der Waals surface area (Å²) in [5.74, 6) is 0.719. The van der Waals surface area contributed by atoms with E-state index < -0.39 is 11.7 Å². The third kappa shape index (κ3) is 3.27. The van der Waals surface area contributed by atoms with Crippen molar-refractivity contribution in [3.63, 3.8) is 0 Å². The summed E-state index contributed by atoms with van der Waals surface area (Å²) in [6.45, 7) is 3.47. The predicted octanol–water partition coefficient (Wildman–Crippen LogP) is 4.08. The second-order valence-electron chi connectivity index (χ2n) is 6.25. The molecule has 1 unspecified atom stereocenters. The van der Waals surface area contributed by atoms with Gasteiger partial charge in [-0.25, -0.2) is 0 Å². The van der Waals surface area contributed by atoms with Crippen LogP contribution in [0.2, 0.25) is 0 Å². The molecule has 3 aromatic rings. The Hall–Kier alpha value is -2.37. The lowest BCUT2D eigenvalue weighted by atomic mass is 9.94. The van der Waals surface area contributed by atoms with Crippen LogP contribution in [0.1, 0.15) is 30.4 Å². The van der Waals surface area contributed by atoms with Crippen LogP contribution in [-0.4, -0.2) is 16.5 Å². The minimum Gasteiger partial charge on any atom is -0.482 e. The Morgan fingerprint density at radius 3 is 2.50 bits per heavy atom. The van der Waals surface area contributed by atoms with Crippen molar-refractivity contribution in [1.29, 1.82) is 5.41 Å². The van der Waals surface area contributed by atoms with E-state index in [1.807, 2.05) is 54.6 Å². The molecule has 0 aliphatic heterocycles. The maximum atomic E-state index is 10.6. The molecule has 3 rings (SSSR count). The molecule has 0 fully saturated rings. The number of hydrogen-bond acceptors (Lipinski definition) is 4. The van der Waals surface area contributed by atoms with Crippen molar-refractivity contribution < 1.29 is 9.84 Å². The number of ether oxygens (including phenoxy) is 1. The van der Waals surface area contributed by atoms with Crippen LogP contribution >= 0.6 is 11.3 Å². The summed E-state index contributed by atoms with van der Waals surface area (Å²) in [7, 11) is 0. The Bertz CT molecular complexity index is 866. The van der Waals surface area contributed by atoms with Gasteiger partial charge in [0.1, 0.15) is 17.2 Å². The van der Waals surface area contributed by atoms with Gasteiger partial charge in [-0.1, -0.05) is 36.4 Å². The third-order valence-corrected chi connectivity index (χ3v) is 4.91. The zero-order chi connectivity index (χ0) is 17.3. The van der Waals surface area contributed by atoms with Crippen molar-refractivity contribution in [3.05, 3.63) is 65.0 Å². The molecule has 24 heavy (non-hydrogen) atoms. The first-order chi connectivity index (χ1) is 11.4. The molecule has 4 N–H and O–H groups in total. The van der Waals surface area contributed by atoms with Crippen molar-refractivity contribution in [2.75, 3.05) is 0 Å². The molecule has 124 valence electrons. The fourth-order valence-corrected chi connectivity index (χ4v) is 3.58. The second kappa shape index (κ2) is 6.26. The summed E-state index contributed by atoms with van der Waals surface area (Å²) in [5.41, 5.74) is 5.46. The molecule has 5 heteroatoms. The minimum atomic E-state index is -1.05. The number of benzene rings is 2. The van der Waals surface area contributed by atoms with E-state index in [0.717, 1.165) is 15.6 Å². The number of aliphatic hydroxyl groups is 1. The van der Waals surface area contributed by atoms with Crippen LogP contribution in [0.25, 0.3) is 10.1 Å². The Labute approximate surface area is 145 Å². The lowest BCUT2D eigenvalue weighted by Crippen LogP contribution is -2.33. The Balaban J connectivity index is 2.04. The smallest absolute Gasteiger partial charge is 0.152 e. The molecule has 1 aromatic heterocycles. The topological polar surface area (TPSA) is 79.3 Å². The highest BCUT2D eigenvalue weighted by atomic mass is 32.1. The van der Waals surface area contributed by atoms with E-state index in [2.05, 4.69) is 0 Å². The van der Waals surface area contributed by atoms with Crippen molar-refractivity contribution in [3.8, 4) is 5.75 Å². The van der Waals surface area contributed by atoms with Gasteiger partial charge in [0.15, 0.2) is 6.10 Å². The Kier molecular flexibility index (Phi) is 4.30. The van der Waals surface area contributed by atoms with Gasteiger partial charge in [0, 0.05) is 10.1 Å². The van der Waals surface area contributed by atoms with Crippen LogP contribution in [0.15, 0.2) is 54.6 Å². The summed E-state index contributed by atoms with van der Waals surface area (Å²) < 4.78 is 7.22. The van der Waals surface area contributed by atoms with E-state index in [1.54, 1.807) is 13.8 Å². The molecule has 1 atom stereocenters. The number of nitrogens with one attached hydrogen (secondary N) is 1. The maximum absolute atomic E-state index is 10.6. The molecule has 1 heterocycles. The van der Waals surface area contributed by atoms with Crippen LogP contribution in [0, 0.1) is 5.41 Å². The van der Waals surface area contributed by atoms with Crippen molar-refractivity contribution in [2.24, 2.45) is 5.73 Å². The number of nitrogen functional groups attached to an aromatic ring is 1. The van der Waals surface area contributed by atoms with Crippen LogP contribution in [0.4, 0.5) is 0 Å². The molecule has 4 nitrogen and oxygen atoms in total. The molecular weight excluding hydrogens is 320 g/mol. The highest BCUT2D eigenvalue weighted by molar-refractivity contribution is 7.20. The zero-order valence-corrected chi connectivity index (χ0v) is 14.4. The van der Waals surface area contributed by atoms with E-state index in [1.165, 1.54) is 11.3 Å². The average molecular weight is 340 g/mol. The lowest BCUT2D eigenvalue weighted by Gasteiger charge is -2.30. The quantitative estimate of drug-likeness (QED) is 0.484. The van der Waals surface area contributed by atoms with E-state index in [0.29, 0.717) is 10.6 Å². The van der Waals surface area contributed by atoms with Gasteiger partial charge in [-0.15, -0.1) is 11.3 Å². The first-order valence-electron chi connectivity index (χ1n) is 7.67. The van der Waals surface area contributed by atoms with Gasteiger partial charge >= 0.3 is 0 Å². The fourth-order valence-electron chi connectivity index (χ4n) is 2.64. The third-order valence-electron chi connectivity index (χ3n) is 3.78. The van der Waals surface area contributed by atoms with Gasteiger partial charge < -0.3 is 15.6 Å². The fraction of sp³-hybridized carbons (Fsp3) is 0.211. The molecule has 0 radical (unpaired) electrons. The summed E-state index contributed by atoms with van der Waals surface area (Å²) >= 11 is 1.46. The lowest BCUT2D eigenvalue weighted by molar-refractivity contribution is -0.0347. The van der Waals surface area contributed by atoms with E-state index >= 15 is 0 Å². The van der Waals surface area contributed by atoms with E-state index in [4.69, 9.17) is 15.9 Å². The average Bonchev–Trinajstić information content (AvgIpc) is 2.97. The molecule has 0 bridgehead atoms. The predicted molar refractivity (Wildman–Crippen MR) is 98.9 cm³/mol. The number of fused-ring (bicyclic) bond motifs is 1. The van der Waals surface area contributed by atoms with Gasteiger partial charge in [-0.3, -0.25) is 5.41 Å². The number of thiophene rings is 1. The largest absolute Gasteiger partial charge is 0.482 e. The number of amidine groups is 1. The summed E-state index contributed by atoms with van der Waals surface area (Å²) in [4.78, 5) is 0.709. The zero-order valence-electron chi connectivity index (χ0n) is 13.6. The standard InChI is InChI=1S/C19H20N2O2S/c1-19(2,22)17(12-7-4-3-5-8-12)23-14-9-6-10-15-13(14)11-16(24-15)18(20)21/h3-11,17,22H,1-2H3,(H3,20,21). The van der Waals surface area contributed by atoms with Gasteiger partial charge in [-0.05, 0) is 37.6 Å². The minimum absolute atomic E-state index is 0.0456. The second-order valence-corrected chi connectivity index (χ2v) is 7.34. The number of hydrogen-bond donors (Lipinski definition) is 3. The molecule has 0 amide bonds. The van der Waals surface area contributed by atoms with E-state index in [9.17, 15) is 5.11 Å². The molecule has 0 aliphatic rings. The first-order valence-corrected chi connectivity index (χ1v) is 8.49. The molecule has 0 spiro atoms. The Morgan fingerprint density at radius 1 is 1.17 bits per heavy atom. The number of nitrogens with two attached hydrogens (primary N) is 1. The van der Waals surface area contributed by atoms with Crippen molar-refractivity contribution >= 4 is 27.3 Å². The normalized spacial score (nSPS) is 13.0. The summed E-state index contributed by atoms with van der Waals surface area (Å²) in [6, 6.07) is 17.3. The highest BCUT2D eigenvalue weighted by Crippen LogP contribution is 2.37. The van der Waals surface area contributed by atoms with Crippen LogP contribution in [-0.2, 0) is 0 Å². The first kappa shape index (κ1) is 16.5. The van der Waals surface area contributed by atoms with E-state index in [-0.39, 0.29) is 5.84 Å². The van der Waals surface area contributed by atoms with Gasteiger partial charge in [0.05, 0.1) is 4.88 Å². The monoisotopic (exact) mass is 340 g/mol. The van der Waals surface area contributed by atoms with Gasteiger partial charge in [0.25, 0.3) is 0 Å². The maximum Gasteiger partial charge on any atom is 0.152 e. The van der Waals surface area contributed by atoms with Gasteiger partial charge in [-0.2, -0.15) is 0 Å². The van der Waals surface area contributed by atoms with Crippen LogP contribution < -0.4 is 10.5 Å². The van der Waals surface area contributed by atoms with Crippen molar-refractivity contribution in [2.45, 2.75) is 25.6 Å². The summed E-state index contributed by atoms with van der Waals surface area (Å²) in [6.07, 6.45) is -0.509. The molecule has 0 saturated carbocycles. The highest BCUT2D eigenvalue weighted by Gasteiger charge is 2.31. The number of rotatable bonds is 5. The van der Waals surface area contributed by atoms with Crippen molar-refractivity contribution in [1.82, 2.24) is 0 Å². The SMILES string of the molecule is CC(C)(O)C(Oc1cccc2sc(C(=N)N)cc12)c1ccccc1. The van der Waals surface area contributed by atoms with Crippen LogP contribution in [0.5, 0.6) is 5.75 Å². The molecule has 0 aliphatic carbocycles.